The first-order valence-electron chi connectivity index (χ1n) is 11.6. The van der Waals surface area contributed by atoms with Crippen LogP contribution in [0.4, 0.5) is 11.4 Å². The number of aromatic carboxylic acids is 1. The fourth-order valence-corrected chi connectivity index (χ4v) is 4.08. The average Bonchev–Trinajstić information content (AvgIpc) is 2.89. The minimum absolute atomic E-state index is 0.158. The highest BCUT2D eigenvalue weighted by Crippen LogP contribution is 2.32. The summed E-state index contributed by atoms with van der Waals surface area (Å²) in [6.45, 7) is 3.45. The average molecular weight is 503 g/mol. The molecule has 0 saturated carbocycles. The quantitative estimate of drug-likeness (QED) is 0.237. The van der Waals surface area contributed by atoms with Crippen molar-refractivity contribution in [1.82, 2.24) is 4.98 Å². The van der Waals surface area contributed by atoms with Crippen molar-refractivity contribution >= 4 is 52.0 Å². The van der Waals surface area contributed by atoms with Crippen molar-refractivity contribution in [2.45, 2.75) is 6.92 Å². The van der Waals surface area contributed by atoms with E-state index in [0.29, 0.717) is 36.2 Å². The van der Waals surface area contributed by atoms with Crippen molar-refractivity contribution in [2.24, 2.45) is 0 Å². The molecule has 0 unspecified atom stereocenters. The largest absolute Gasteiger partial charge is 0.497 e. The van der Waals surface area contributed by atoms with Gasteiger partial charge in [-0.3, -0.25) is 0 Å². The van der Waals surface area contributed by atoms with E-state index in [1.165, 1.54) is 13.2 Å². The number of pyridine rings is 1. The van der Waals surface area contributed by atoms with Crippen LogP contribution in [0.2, 0.25) is 5.02 Å². The standard InChI is InChI=1S/C29H27ClN2O4/c1-3-36-16-15-32(28-14-13-25(35-2)19-26(28)29(33)34)24-6-4-5-20(17-24)7-11-23-12-9-21-8-10-22(30)18-27(21)31-23/h4-14,17-19H,3,15-16H2,1-2H3,(H,33,34)/b11-7+. The number of carboxylic acids is 1. The van der Waals surface area contributed by atoms with E-state index >= 15 is 0 Å². The zero-order valence-electron chi connectivity index (χ0n) is 20.1. The summed E-state index contributed by atoms with van der Waals surface area (Å²) < 4.78 is 10.8. The molecule has 0 spiro atoms. The number of nitrogens with zero attached hydrogens (tertiary/aromatic N) is 2. The molecule has 0 radical (unpaired) electrons. The maximum Gasteiger partial charge on any atom is 0.337 e. The molecule has 7 heteroatoms. The van der Waals surface area contributed by atoms with Crippen LogP contribution in [0, 0.1) is 0 Å². The van der Waals surface area contributed by atoms with Gasteiger partial charge < -0.3 is 19.5 Å². The molecular formula is C29H27ClN2O4. The number of halogens is 1. The number of fused-ring (bicyclic) bond motifs is 1. The lowest BCUT2D eigenvalue weighted by molar-refractivity contribution is 0.0697. The van der Waals surface area contributed by atoms with Gasteiger partial charge in [-0.05, 0) is 67.1 Å². The first-order chi connectivity index (χ1) is 17.5. The summed E-state index contributed by atoms with van der Waals surface area (Å²) in [4.78, 5) is 18.7. The van der Waals surface area contributed by atoms with Gasteiger partial charge >= 0.3 is 5.97 Å². The zero-order chi connectivity index (χ0) is 25.5. The molecule has 1 N–H and O–H groups in total. The fourth-order valence-electron chi connectivity index (χ4n) is 3.91. The van der Waals surface area contributed by atoms with Crippen molar-refractivity contribution in [1.29, 1.82) is 0 Å². The van der Waals surface area contributed by atoms with E-state index in [9.17, 15) is 9.90 Å². The molecule has 0 aliphatic carbocycles. The number of ether oxygens (including phenoxy) is 2. The summed E-state index contributed by atoms with van der Waals surface area (Å²) in [5, 5.41) is 11.5. The highest BCUT2D eigenvalue weighted by Gasteiger charge is 2.19. The van der Waals surface area contributed by atoms with Crippen LogP contribution in [0.3, 0.4) is 0 Å². The summed E-state index contributed by atoms with van der Waals surface area (Å²) in [5.74, 6) is -0.536. The molecule has 0 saturated heterocycles. The Morgan fingerprint density at radius 1 is 1.06 bits per heavy atom. The number of benzene rings is 3. The molecule has 1 heterocycles. The minimum atomic E-state index is -1.02. The van der Waals surface area contributed by atoms with Crippen molar-refractivity contribution in [2.75, 3.05) is 31.8 Å². The third-order valence-corrected chi connectivity index (χ3v) is 5.93. The third kappa shape index (κ3) is 6.03. The number of aromatic nitrogens is 1. The van der Waals surface area contributed by atoms with Gasteiger partial charge in [0.1, 0.15) is 5.75 Å². The normalized spacial score (nSPS) is 11.2. The van der Waals surface area contributed by atoms with Gasteiger partial charge in [-0.15, -0.1) is 0 Å². The molecule has 0 fully saturated rings. The van der Waals surface area contributed by atoms with Crippen LogP contribution >= 0.6 is 11.6 Å². The Balaban J connectivity index is 1.67. The van der Waals surface area contributed by atoms with Crippen LogP contribution in [-0.2, 0) is 4.74 Å². The summed E-state index contributed by atoms with van der Waals surface area (Å²) in [7, 11) is 1.52. The number of carboxylic acid groups (broad SMARTS) is 1. The van der Waals surface area contributed by atoms with Crippen molar-refractivity contribution in [3.8, 4) is 5.75 Å². The Labute approximate surface area is 215 Å². The molecule has 36 heavy (non-hydrogen) atoms. The third-order valence-electron chi connectivity index (χ3n) is 5.69. The lowest BCUT2D eigenvalue weighted by Crippen LogP contribution is -2.24. The second-order valence-corrected chi connectivity index (χ2v) is 8.47. The minimum Gasteiger partial charge on any atom is -0.497 e. The van der Waals surface area contributed by atoms with Crippen LogP contribution in [0.5, 0.6) is 5.75 Å². The van der Waals surface area contributed by atoms with Crippen LogP contribution in [-0.4, -0.2) is 42.9 Å². The number of carbonyl (C=O) groups is 1. The number of hydrogen-bond donors (Lipinski definition) is 1. The smallest absolute Gasteiger partial charge is 0.337 e. The molecule has 0 atom stereocenters. The number of hydrogen-bond acceptors (Lipinski definition) is 5. The molecular weight excluding hydrogens is 476 g/mol. The van der Waals surface area contributed by atoms with E-state index < -0.39 is 5.97 Å². The second-order valence-electron chi connectivity index (χ2n) is 8.04. The maximum absolute atomic E-state index is 12.1. The molecule has 0 bridgehead atoms. The maximum atomic E-state index is 12.1. The molecule has 3 aromatic carbocycles. The van der Waals surface area contributed by atoms with E-state index in [-0.39, 0.29) is 5.56 Å². The SMILES string of the molecule is CCOCCN(c1cccc(/C=C/c2ccc3ccc(Cl)cc3n2)c1)c1ccc(OC)cc1C(=O)O. The van der Waals surface area contributed by atoms with Gasteiger partial charge in [0.15, 0.2) is 0 Å². The van der Waals surface area contributed by atoms with Gasteiger partial charge in [0.05, 0.1) is 36.2 Å². The van der Waals surface area contributed by atoms with Crippen LogP contribution < -0.4 is 9.64 Å². The summed E-state index contributed by atoms with van der Waals surface area (Å²) >= 11 is 6.12. The Hall–Kier alpha value is -3.87. The van der Waals surface area contributed by atoms with Gasteiger partial charge in [-0.1, -0.05) is 41.9 Å². The molecule has 4 aromatic rings. The zero-order valence-corrected chi connectivity index (χ0v) is 20.9. The molecule has 4 rings (SSSR count). The second kappa shape index (κ2) is 11.7. The monoisotopic (exact) mass is 502 g/mol. The van der Waals surface area contributed by atoms with Gasteiger partial charge in [-0.25, -0.2) is 9.78 Å². The molecule has 0 aliphatic heterocycles. The molecule has 184 valence electrons. The van der Waals surface area contributed by atoms with E-state index in [1.54, 1.807) is 12.1 Å². The molecule has 6 nitrogen and oxygen atoms in total. The summed E-state index contributed by atoms with van der Waals surface area (Å²) in [6.07, 6.45) is 3.93. The van der Waals surface area contributed by atoms with Crippen LogP contribution in [0.1, 0.15) is 28.5 Å². The fraction of sp³-hybridized carbons (Fsp3) is 0.172. The number of methoxy groups -OCH3 is 1. The predicted octanol–water partition coefficient (Wildman–Crippen LogP) is 6.94. The number of anilines is 2. The van der Waals surface area contributed by atoms with Gasteiger partial charge in [0, 0.05) is 29.2 Å². The lowest BCUT2D eigenvalue weighted by atomic mass is 10.1. The molecule has 0 amide bonds. The van der Waals surface area contributed by atoms with Crippen molar-refractivity contribution in [3.63, 3.8) is 0 Å². The van der Waals surface area contributed by atoms with E-state index in [1.807, 2.05) is 78.6 Å². The van der Waals surface area contributed by atoms with E-state index in [2.05, 4.69) is 4.98 Å². The van der Waals surface area contributed by atoms with Gasteiger partial charge in [0.2, 0.25) is 0 Å². The van der Waals surface area contributed by atoms with Crippen molar-refractivity contribution < 1.29 is 19.4 Å². The first kappa shape index (κ1) is 25.2. The summed E-state index contributed by atoms with van der Waals surface area (Å²) in [6, 6.07) is 22.6. The number of rotatable bonds is 10. The highest BCUT2D eigenvalue weighted by atomic mass is 35.5. The highest BCUT2D eigenvalue weighted by molar-refractivity contribution is 6.31. The van der Waals surface area contributed by atoms with Crippen LogP contribution in [0.15, 0.2) is 72.8 Å². The van der Waals surface area contributed by atoms with Gasteiger partial charge in [-0.2, -0.15) is 0 Å². The molecule has 1 aromatic heterocycles. The Bertz CT molecular complexity index is 1400. The van der Waals surface area contributed by atoms with Gasteiger partial charge in [0.25, 0.3) is 0 Å². The van der Waals surface area contributed by atoms with Crippen molar-refractivity contribution in [3.05, 3.63) is 94.6 Å². The Kier molecular flexibility index (Phi) is 8.21. The predicted molar refractivity (Wildman–Crippen MR) is 146 cm³/mol. The van der Waals surface area contributed by atoms with E-state index in [0.717, 1.165) is 27.8 Å². The summed E-state index contributed by atoms with van der Waals surface area (Å²) in [5.41, 5.74) is 4.17. The van der Waals surface area contributed by atoms with E-state index in [4.69, 9.17) is 21.1 Å². The topological polar surface area (TPSA) is 71.9 Å². The first-order valence-corrected chi connectivity index (χ1v) is 12.0. The van der Waals surface area contributed by atoms with Crippen LogP contribution in [0.25, 0.3) is 23.1 Å². The molecule has 0 aliphatic rings. The Morgan fingerprint density at radius 3 is 2.67 bits per heavy atom. The lowest BCUT2D eigenvalue weighted by Gasteiger charge is -2.27. The Morgan fingerprint density at radius 2 is 1.89 bits per heavy atom.